The van der Waals surface area contributed by atoms with Gasteiger partial charge in [0, 0.05) is 18.0 Å². The summed E-state index contributed by atoms with van der Waals surface area (Å²) in [4.78, 5) is 4.84. The predicted octanol–water partition coefficient (Wildman–Crippen LogP) is 5.08. The van der Waals surface area contributed by atoms with E-state index in [9.17, 15) is 0 Å². The van der Waals surface area contributed by atoms with Gasteiger partial charge in [0.15, 0.2) is 0 Å². The molecule has 0 aliphatic carbocycles. The summed E-state index contributed by atoms with van der Waals surface area (Å²) in [7, 11) is 2.07. The van der Waals surface area contributed by atoms with Crippen LogP contribution in [0.15, 0.2) is 96.0 Å². The van der Waals surface area contributed by atoms with Crippen LogP contribution in [-0.2, 0) is 7.05 Å². The number of nitrogens with zero attached hydrogens (tertiary/aromatic N) is 2. The molecule has 4 aromatic rings. The van der Waals surface area contributed by atoms with E-state index < -0.39 is 0 Å². The van der Waals surface area contributed by atoms with Gasteiger partial charge in [-0.3, -0.25) is 0 Å². The van der Waals surface area contributed by atoms with E-state index in [-0.39, 0.29) is 0 Å². The van der Waals surface area contributed by atoms with Gasteiger partial charge in [0.05, 0.1) is 5.69 Å². The second kappa shape index (κ2) is 6.17. The lowest BCUT2D eigenvalue weighted by atomic mass is 10.0. The summed E-state index contributed by atoms with van der Waals surface area (Å²) in [6.07, 6.45) is 0. The average Bonchev–Trinajstić information content (AvgIpc) is 2.66. The van der Waals surface area contributed by atoms with E-state index in [2.05, 4.69) is 66.2 Å². The van der Waals surface area contributed by atoms with Gasteiger partial charge >= 0.3 is 0 Å². The van der Waals surface area contributed by atoms with Gasteiger partial charge in [0.1, 0.15) is 5.49 Å². The highest BCUT2D eigenvalue weighted by atomic mass is 15.0. The number of pyridine rings is 1. The zero-order valence-corrected chi connectivity index (χ0v) is 13.6. The van der Waals surface area contributed by atoms with Crippen molar-refractivity contribution in [3.05, 3.63) is 96.5 Å². The van der Waals surface area contributed by atoms with E-state index in [1.165, 1.54) is 22.0 Å². The van der Waals surface area contributed by atoms with Crippen LogP contribution in [0.25, 0.3) is 22.0 Å². The normalized spacial score (nSPS) is 11.8. The lowest BCUT2D eigenvalue weighted by Crippen LogP contribution is -2.18. The number of para-hydroxylation sites is 2. The Morgan fingerprint density at radius 2 is 1.33 bits per heavy atom. The first-order valence-electron chi connectivity index (χ1n) is 8.07. The van der Waals surface area contributed by atoms with Crippen LogP contribution in [-0.4, -0.2) is 4.57 Å². The average molecular weight is 310 g/mol. The Morgan fingerprint density at radius 3 is 2.08 bits per heavy atom. The third kappa shape index (κ3) is 2.63. The summed E-state index contributed by atoms with van der Waals surface area (Å²) in [6.45, 7) is 0. The Bertz CT molecular complexity index is 1050. The SMILES string of the molecule is Cn1c(=Nc2ccccc2)cc(-c2ccccc2)c2ccccc21. The number of aryl methyl sites for hydroxylation is 1. The molecule has 116 valence electrons. The van der Waals surface area contributed by atoms with Gasteiger partial charge in [-0.25, -0.2) is 4.99 Å². The van der Waals surface area contributed by atoms with Crippen LogP contribution in [0.2, 0.25) is 0 Å². The fraction of sp³-hybridized carbons (Fsp3) is 0.0455. The fourth-order valence-electron chi connectivity index (χ4n) is 3.02. The molecule has 0 spiro atoms. The molecular weight excluding hydrogens is 292 g/mol. The molecule has 0 N–H and O–H groups in total. The molecule has 0 aliphatic rings. The monoisotopic (exact) mass is 310 g/mol. The molecule has 0 aliphatic heterocycles. The van der Waals surface area contributed by atoms with E-state index in [1.807, 2.05) is 36.4 Å². The molecule has 24 heavy (non-hydrogen) atoms. The van der Waals surface area contributed by atoms with Crippen molar-refractivity contribution in [3.8, 4) is 11.1 Å². The number of fused-ring (bicyclic) bond motifs is 1. The van der Waals surface area contributed by atoms with Crippen LogP contribution < -0.4 is 5.49 Å². The van der Waals surface area contributed by atoms with Crippen LogP contribution in [0.5, 0.6) is 0 Å². The lowest BCUT2D eigenvalue weighted by molar-refractivity contribution is 0.878. The van der Waals surface area contributed by atoms with Crippen molar-refractivity contribution in [1.29, 1.82) is 0 Å². The second-order valence-corrected chi connectivity index (χ2v) is 5.81. The minimum atomic E-state index is 0.943. The summed E-state index contributed by atoms with van der Waals surface area (Å²) in [5.41, 5.74) is 5.49. The van der Waals surface area contributed by atoms with Crippen molar-refractivity contribution >= 4 is 16.6 Å². The summed E-state index contributed by atoms with van der Waals surface area (Å²) in [5.74, 6) is 0. The van der Waals surface area contributed by atoms with Gasteiger partial charge in [-0.1, -0.05) is 66.7 Å². The Hall–Kier alpha value is -3.13. The lowest BCUT2D eigenvalue weighted by Gasteiger charge is -2.12. The molecule has 0 amide bonds. The maximum Gasteiger partial charge on any atom is 0.134 e. The first kappa shape index (κ1) is 14.5. The zero-order valence-electron chi connectivity index (χ0n) is 13.6. The van der Waals surface area contributed by atoms with Crippen molar-refractivity contribution in [1.82, 2.24) is 4.57 Å². The maximum absolute atomic E-state index is 4.84. The Morgan fingerprint density at radius 1 is 0.708 bits per heavy atom. The van der Waals surface area contributed by atoms with Crippen molar-refractivity contribution in [3.63, 3.8) is 0 Å². The number of rotatable bonds is 2. The second-order valence-electron chi connectivity index (χ2n) is 5.81. The third-order valence-corrected chi connectivity index (χ3v) is 4.26. The van der Waals surface area contributed by atoms with E-state index in [4.69, 9.17) is 4.99 Å². The molecule has 2 heteroatoms. The van der Waals surface area contributed by atoms with Crippen LogP contribution in [0.3, 0.4) is 0 Å². The fourth-order valence-corrected chi connectivity index (χ4v) is 3.02. The number of aromatic nitrogens is 1. The highest BCUT2D eigenvalue weighted by molar-refractivity contribution is 5.94. The largest absolute Gasteiger partial charge is 0.329 e. The van der Waals surface area contributed by atoms with Gasteiger partial charge in [0.25, 0.3) is 0 Å². The molecule has 4 rings (SSSR count). The first-order valence-corrected chi connectivity index (χ1v) is 8.07. The third-order valence-electron chi connectivity index (χ3n) is 4.26. The van der Waals surface area contributed by atoms with Gasteiger partial charge in [-0.2, -0.15) is 0 Å². The van der Waals surface area contributed by atoms with Crippen LogP contribution in [0, 0.1) is 0 Å². The van der Waals surface area contributed by atoms with Crippen LogP contribution in [0.1, 0.15) is 0 Å². The summed E-state index contributed by atoms with van der Waals surface area (Å²) >= 11 is 0. The molecule has 0 atom stereocenters. The first-order chi connectivity index (χ1) is 11.8. The molecule has 0 saturated carbocycles. The predicted molar refractivity (Wildman–Crippen MR) is 100 cm³/mol. The van der Waals surface area contributed by atoms with Gasteiger partial charge in [-0.15, -0.1) is 0 Å². The molecular formula is C22H18N2. The van der Waals surface area contributed by atoms with Crippen LogP contribution >= 0.6 is 0 Å². The Balaban J connectivity index is 2.06. The minimum Gasteiger partial charge on any atom is -0.329 e. The minimum absolute atomic E-state index is 0.943. The van der Waals surface area contributed by atoms with Gasteiger partial charge in [0.2, 0.25) is 0 Å². The van der Waals surface area contributed by atoms with Gasteiger partial charge < -0.3 is 4.57 Å². The van der Waals surface area contributed by atoms with Crippen LogP contribution in [0.4, 0.5) is 5.69 Å². The van der Waals surface area contributed by atoms with Gasteiger partial charge in [-0.05, 0) is 35.4 Å². The Kier molecular flexibility index (Phi) is 3.72. The Labute approximate surface area is 141 Å². The number of hydrogen-bond acceptors (Lipinski definition) is 1. The van der Waals surface area contributed by atoms with Crippen molar-refractivity contribution < 1.29 is 0 Å². The van der Waals surface area contributed by atoms with E-state index in [1.54, 1.807) is 0 Å². The topological polar surface area (TPSA) is 17.3 Å². The molecule has 0 radical (unpaired) electrons. The molecule has 0 bridgehead atoms. The molecule has 0 unspecified atom stereocenters. The highest BCUT2D eigenvalue weighted by Gasteiger charge is 2.07. The smallest absolute Gasteiger partial charge is 0.134 e. The zero-order chi connectivity index (χ0) is 16.4. The molecule has 1 aromatic heterocycles. The molecule has 0 fully saturated rings. The van der Waals surface area contributed by atoms with Crippen molar-refractivity contribution in [2.75, 3.05) is 0 Å². The van der Waals surface area contributed by atoms with Crippen molar-refractivity contribution in [2.24, 2.45) is 12.0 Å². The van der Waals surface area contributed by atoms with E-state index in [0.29, 0.717) is 0 Å². The van der Waals surface area contributed by atoms with Crippen molar-refractivity contribution in [2.45, 2.75) is 0 Å². The summed E-state index contributed by atoms with van der Waals surface area (Å²) < 4.78 is 2.15. The molecule has 1 heterocycles. The number of hydrogen-bond donors (Lipinski definition) is 0. The number of benzene rings is 3. The quantitative estimate of drug-likeness (QED) is 0.491. The standard InChI is InChI=1S/C22H18N2/c1-24-21-15-9-8-14-19(21)20(17-10-4-2-5-11-17)16-22(24)23-18-12-6-3-7-13-18/h2-16H,1H3. The van der Waals surface area contributed by atoms with E-state index >= 15 is 0 Å². The van der Waals surface area contributed by atoms with E-state index in [0.717, 1.165) is 11.2 Å². The molecule has 3 aromatic carbocycles. The maximum atomic E-state index is 4.84. The highest BCUT2D eigenvalue weighted by Crippen LogP contribution is 2.26. The molecule has 0 saturated heterocycles. The summed E-state index contributed by atoms with van der Waals surface area (Å²) in [6, 6.07) is 31.2. The molecule has 2 nitrogen and oxygen atoms in total. The summed E-state index contributed by atoms with van der Waals surface area (Å²) in [5, 5.41) is 1.23.